The van der Waals surface area contributed by atoms with E-state index in [2.05, 4.69) is 10.3 Å². The number of nitrogens with one attached hydrogen (secondary N) is 2. The van der Waals surface area contributed by atoms with E-state index in [0.29, 0.717) is 11.1 Å². The van der Waals surface area contributed by atoms with Crippen molar-refractivity contribution >= 4 is 22.6 Å². The highest BCUT2D eigenvalue weighted by atomic mass is 35.5. The zero-order valence-corrected chi connectivity index (χ0v) is 10.1. The van der Waals surface area contributed by atoms with E-state index in [1.807, 2.05) is 16.7 Å². The Morgan fingerprint density at radius 2 is 2.06 bits per heavy atom. The molecule has 90 valence electrons. The van der Waals surface area contributed by atoms with Crippen LogP contribution in [0.15, 0.2) is 23.0 Å². The van der Waals surface area contributed by atoms with Gasteiger partial charge in [-0.3, -0.25) is 4.57 Å². The van der Waals surface area contributed by atoms with Crippen LogP contribution in [0, 0.1) is 0 Å². The smallest absolute Gasteiger partial charge is 0.317 e. The van der Waals surface area contributed by atoms with E-state index in [1.165, 1.54) is 0 Å². The van der Waals surface area contributed by atoms with Crippen molar-refractivity contribution in [1.29, 1.82) is 0 Å². The monoisotopic (exact) mass is 251 g/mol. The minimum atomic E-state index is -0.0332. The first-order valence-electron chi connectivity index (χ1n) is 5.86. The number of imidazole rings is 1. The summed E-state index contributed by atoms with van der Waals surface area (Å²) in [7, 11) is 0. The van der Waals surface area contributed by atoms with E-state index in [9.17, 15) is 4.79 Å². The number of aromatic nitrogens is 2. The van der Waals surface area contributed by atoms with E-state index in [4.69, 9.17) is 11.6 Å². The Balaban J connectivity index is 2.14. The van der Waals surface area contributed by atoms with Crippen LogP contribution in [0.3, 0.4) is 0 Å². The molecule has 1 aromatic heterocycles. The SMILES string of the molecule is O=c1[nH]c2cc(Cl)ccc2n1C1CCNCC1. The zero-order valence-electron chi connectivity index (χ0n) is 9.37. The third-order valence-corrected chi connectivity index (χ3v) is 3.59. The number of hydrogen-bond acceptors (Lipinski definition) is 2. The number of H-pyrrole nitrogens is 1. The first-order chi connectivity index (χ1) is 8.25. The van der Waals surface area contributed by atoms with Crippen LogP contribution in [0.5, 0.6) is 0 Å². The highest BCUT2D eigenvalue weighted by Crippen LogP contribution is 2.23. The van der Waals surface area contributed by atoms with Crippen molar-refractivity contribution in [2.75, 3.05) is 13.1 Å². The Labute approximate surface area is 104 Å². The van der Waals surface area contributed by atoms with Gasteiger partial charge in [0, 0.05) is 11.1 Å². The summed E-state index contributed by atoms with van der Waals surface area (Å²) in [5, 5.41) is 3.96. The number of rotatable bonds is 1. The standard InChI is InChI=1S/C12H14ClN3O/c13-8-1-2-11-10(7-8)15-12(17)16(11)9-3-5-14-6-4-9/h1-2,7,9,14H,3-6H2,(H,15,17). The average Bonchev–Trinajstić information content (AvgIpc) is 2.65. The maximum Gasteiger partial charge on any atom is 0.326 e. The summed E-state index contributed by atoms with van der Waals surface area (Å²) in [5.41, 5.74) is 1.74. The molecule has 1 saturated heterocycles. The average molecular weight is 252 g/mol. The second kappa shape index (κ2) is 4.20. The van der Waals surface area contributed by atoms with Crippen molar-refractivity contribution in [2.45, 2.75) is 18.9 Å². The first kappa shape index (κ1) is 10.9. The lowest BCUT2D eigenvalue weighted by Crippen LogP contribution is -2.33. The molecule has 2 aromatic rings. The minimum Gasteiger partial charge on any atom is -0.317 e. The lowest BCUT2D eigenvalue weighted by atomic mass is 10.1. The summed E-state index contributed by atoms with van der Waals surface area (Å²) in [4.78, 5) is 14.9. The van der Waals surface area contributed by atoms with E-state index < -0.39 is 0 Å². The molecular formula is C12H14ClN3O. The molecule has 0 bridgehead atoms. The van der Waals surface area contributed by atoms with Crippen molar-refractivity contribution < 1.29 is 0 Å². The van der Waals surface area contributed by atoms with Crippen LogP contribution in [0.1, 0.15) is 18.9 Å². The number of halogens is 1. The molecule has 17 heavy (non-hydrogen) atoms. The Bertz CT molecular complexity index is 595. The third-order valence-electron chi connectivity index (χ3n) is 3.35. The van der Waals surface area contributed by atoms with Gasteiger partial charge < -0.3 is 10.3 Å². The van der Waals surface area contributed by atoms with Crippen molar-refractivity contribution in [3.63, 3.8) is 0 Å². The van der Waals surface area contributed by atoms with Crippen LogP contribution in [0.4, 0.5) is 0 Å². The number of aromatic amines is 1. The van der Waals surface area contributed by atoms with Gasteiger partial charge in [-0.2, -0.15) is 0 Å². The van der Waals surface area contributed by atoms with Gasteiger partial charge >= 0.3 is 5.69 Å². The summed E-state index contributed by atoms with van der Waals surface area (Å²) in [6.07, 6.45) is 1.99. The van der Waals surface area contributed by atoms with Crippen LogP contribution in [0.2, 0.25) is 5.02 Å². The molecule has 0 atom stereocenters. The van der Waals surface area contributed by atoms with E-state index in [0.717, 1.165) is 37.0 Å². The fourth-order valence-corrected chi connectivity index (χ4v) is 2.70. The Morgan fingerprint density at radius 3 is 2.82 bits per heavy atom. The quantitative estimate of drug-likeness (QED) is 0.814. The van der Waals surface area contributed by atoms with Gasteiger partial charge in [0.15, 0.2) is 0 Å². The molecule has 3 rings (SSSR count). The predicted octanol–water partition coefficient (Wildman–Crippen LogP) is 1.91. The fraction of sp³-hybridized carbons (Fsp3) is 0.417. The predicted molar refractivity (Wildman–Crippen MR) is 68.7 cm³/mol. The highest BCUT2D eigenvalue weighted by molar-refractivity contribution is 6.31. The topological polar surface area (TPSA) is 49.8 Å². The minimum absolute atomic E-state index is 0.0332. The van der Waals surface area contributed by atoms with Gasteiger partial charge in [0.1, 0.15) is 0 Å². The summed E-state index contributed by atoms with van der Waals surface area (Å²) >= 11 is 5.92. The number of fused-ring (bicyclic) bond motifs is 1. The zero-order chi connectivity index (χ0) is 11.8. The normalized spacial score (nSPS) is 17.7. The van der Waals surface area contributed by atoms with E-state index in [-0.39, 0.29) is 5.69 Å². The molecular weight excluding hydrogens is 238 g/mol. The summed E-state index contributed by atoms with van der Waals surface area (Å²) in [6, 6.07) is 5.83. The van der Waals surface area contributed by atoms with Gasteiger partial charge in [0.2, 0.25) is 0 Å². The molecule has 1 aromatic carbocycles. The van der Waals surface area contributed by atoms with Gasteiger partial charge in [-0.1, -0.05) is 11.6 Å². The lowest BCUT2D eigenvalue weighted by Gasteiger charge is -2.23. The van der Waals surface area contributed by atoms with Gasteiger partial charge in [0.05, 0.1) is 11.0 Å². The van der Waals surface area contributed by atoms with Crippen LogP contribution in [0.25, 0.3) is 11.0 Å². The van der Waals surface area contributed by atoms with E-state index >= 15 is 0 Å². The Hall–Kier alpha value is -1.26. The van der Waals surface area contributed by atoms with Crippen LogP contribution in [-0.4, -0.2) is 22.6 Å². The molecule has 0 radical (unpaired) electrons. The lowest BCUT2D eigenvalue weighted by molar-refractivity contribution is 0.368. The Kier molecular flexibility index (Phi) is 2.68. The maximum atomic E-state index is 12.0. The molecule has 1 aliphatic heterocycles. The molecule has 0 unspecified atom stereocenters. The second-order valence-corrected chi connectivity index (χ2v) is 4.88. The molecule has 1 aliphatic rings. The van der Waals surface area contributed by atoms with Crippen LogP contribution >= 0.6 is 11.6 Å². The summed E-state index contributed by atoms with van der Waals surface area (Å²) < 4.78 is 1.87. The number of hydrogen-bond donors (Lipinski definition) is 2. The first-order valence-corrected chi connectivity index (χ1v) is 6.24. The molecule has 0 amide bonds. The van der Waals surface area contributed by atoms with Crippen LogP contribution in [-0.2, 0) is 0 Å². The largest absolute Gasteiger partial charge is 0.326 e. The molecule has 2 heterocycles. The van der Waals surface area contributed by atoms with Gasteiger partial charge in [-0.15, -0.1) is 0 Å². The molecule has 1 fully saturated rings. The Morgan fingerprint density at radius 1 is 1.29 bits per heavy atom. The van der Waals surface area contributed by atoms with Gasteiger partial charge in [-0.25, -0.2) is 4.79 Å². The van der Waals surface area contributed by atoms with E-state index in [1.54, 1.807) is 6.07 Å². The van der Waals surface area contributed by atoms with Gasteiger partial charge in [-0.05, 0) is 44.1 Å². The molecule has 5 heteroatoms. The van der Waals surface area contributed by atoms with Gasteiger partial charge in [0.25, 0.3) is 0 Å². The van der Waals surface area contributed by atoms with Crippen LogP contribution < -0.4 is 11.0 Å². The fourth-order valence-electron chi connectivity index (χ4n) is 2.53. The molecule has 0 saturated carbocycles. The van der Waals surface area contributed by atoms with Crippen molar-refractivity contribution in [3.05, 3.63) is 33.7 Å². The third kappa shape index (κ3) is 1.87. The molecule has 0 spiro atoms. The summed E-state index contributed by atoms with van der Waals surface area (Å²) in [5.74, 6) is 0. The molecule has 0 aliphatic carbocycles. The second-order valence-electron chi connectivity index (χ2n) is 4.44. The summed E-state index contributed by atoms with van der Waals surface area (Å²) in [6.45, 7) is 1.94. The maximum absolute atomic E-state index is 12.0. The molecule has 2 N–H and O–H groups in total. The number of piperidine rings is 1. The highest BCUT2D eigenvalue weighted by Gasteiger charge is 2.19. The van der Waals surface area contributed by atoms with Crippen molar-refractivity contribution in [2.24, 2.45) is 0 Å². The number of benzene rings is 1. The molecule has 4 nitrogen and oxygen atoms in total. The van der Waals surface area contributed by atoms with Crippen molar-refractivity contribution in [3.8, 4) is 0 Å². The number of nitrogens with zero attached hydrogens (tertiary/aromatic N) is 1. The van der Waals surface area contributed by atoms with Crippen molar-refractivity contribution in [1.82, 2.24) is 14.9 Å².